The summed E-state index contributed by atoms with van der Waals surface area (Å²) in [5, 5.41) is 12.9. The number of benzene rings is 2. The number of rotatable bonds is 2. The van der Waals surface area contributed by atoms with E-state index in [4.69, 9.17) is 0 Å². The zero-order valence-corrected chi connectivity index (χ0v) is 14.1. The second-order valence-corrected chi connectivity index (χ2v) is 7.78. The molecule has 5 heteroatoms. The van der Waals surface area contributed by atoms with Crippen LogP contribution in [0.1, 0.15) is 52.7 Å². The second-order valence-electron chi connectivity index (χ2n) is 7.78. The third-order valence-corrected chi connectivity index (χ3v) is 6.67. The van der Waals surface area contributed by atoms with Crippen molar-refractivity contribution in [1.29, 1.82) is 0 Å². The average Bonchev–Trinajstić information content (AvgIpc) is 3.25. The Labute approximate surface area is 150 Å². The lowest BCUT2D eigenvalue weighted by Gasteiger charge is -2.44. The van der Waals surface area contributed by atoms with E-state index < -0.39 is 23.6 Å². The van der Waals surface area contributed by atoms with Gasteiger partial charge in [-0.05, 0) is 60.6 Å². The van der Waals surface area contributed by atoms with Crippen molar-refractivity contribution in [2.45, 2.75) is 31.2 Å². The zero-order chi connectivity index (χ0) is 18.0. The summed E-state index contributed by atoms with van der Waals surface area (Å²) in [7, 11) is 0. The third-order valence-electron chi connectivity index (χ3n) is 6.67. The van der Waals surface area contributed by atoms with Crippen LogP contribution in [0.3, 0.4) is 0 Å². The Morgan fingerprint density at radius 3 is 2.58 bits per heavy atom. The molecule has 1 heterocycles. The van der Waals surface area contributed by atoms with Crippen LogP contribution in [-0.2, 0) is 0 Å². The van der Waals surface area contributed by atoms with Crippen molar-refractivity contribution in [3.05, 3.63) is 64.7 Å². The van der Waals surface area contributed by atoms with Gasteiger partial charge in [0.15, 0.2) is 11.6 Å². The van der Waals surface area contributed by atoms with Gasteiger partial charge in [-0.25, -0.2) is 13.6 Å². The Morgan fingerprint density at radius 1 is 1.04 bits per heavy atom. The fraction of sp³-hybridized carbons (Fsp3) is 0.381. The van der Waals surface area contributed by atoms with E-state index in [1.54, 1.807) is 18.2 Å². The molecule has 2 aliphatic carbocycles. The first-order valence-electron chi connectivity index (χ1n) is 9.13. The van der Waals surface area contributed by atoms with Crippen LogP contribution in [-0.4, -0.2) is 11.1 Å². The minimum absolute atomic E-state index is 0.168. The van der Waals surface area contributed by atoms with Gasteiger partial charge in [-0.2, -0.15) is 0 Å². The number of aromatic carboxylic acids is 1. The van der Waals surface area contributed by atoms with E-state index in [1.807, 2.05) is 6.07 Å². The SMILES string of the molecule is O=C(O)c1cccc2c1N[C@H](c1cccc(F)c1F)[C@H]1[C@H]3CC[C@@H](C3)[C@@H]21. The number of fused-ring (bicyclic) bond motifs is 7. The number of hydrogen-bond donors (Lipinski definition) is 2. The summed E-state index contributed by atoms with van der Waals surface area (Å²) in [5.41, 5.74) is 2.10. The standard InChI is InChI=1S/C21H19F2NO2/c22-15-6-2-4-13(18(15)23)20-17-11-8-7-10(9-11)16(17)12-3-1-5-14(21(25)26)19(12)24-20/h1-6,10-11,16-17,20,24H,7-9H2,(H,25,26)/t10-,11-,16-,17-,20+/m0/s1. The fourth-order valence-corrected chi connectivity index (χ4v) is 5.76. The van der Waals surface area contributed by atoms with E-state index in [1.165, 1.54) is 6.07 Å². The highest BCUT2D eigenvalue weighted by molar-refractivity contribution is 5.95. The van der Waals surface area contributed by atoms with Crippen LogP contribution in [0.15, 0.2) is 36.4 Å². The molecule has 2 saturated carbocycles. The third kappa shape index (κ3) is 2.06. The summed E-state index contributed by atoms with van der Waals surface area (Å²) in [6.45, 7) is 0. The van der Waals surface area contributed by atoms with Crippen molar-refractivity contribution in [2.75, 3.05) is 5.32 Å². The van der Waals surface area contributed by atoms with Gasteiger partial charge in [0.1, 0.15) is 0 Å². The maximum atomic E-state index is 14.6. The second kappa shape index (κ2) is 5.53. The molecule has 26 heavy (non-hydrogen) atoms. The summed E-state index contributed by atoms with van der Waals surface area (Å²) in [6, 6.07) is 9.21. The largest absolute Gasteiger partial charge is 0.478 e. The van der Waals surface area contributed by atoms with Gasteiger partial charge in [-0.15, -0.1) is 0 Å². The molecular formula is C21H19F2NO2. The van der Waals surface area contributed by atoms with E-state index in [9.17, 15) is 18.7 Å². The maximum Gasteiger partial charge on any atom is 0.337 e. The lowest BCUT2D eigenvalue weighted by atomic mass is 9.67. The summed E-state index contributed by atoms with van der Waals surface area (Å²) in [4.78, 5) is 11.7. The van der Waals surface area contributed by atoms with E-state index in [0.29, 0.717) is 23.1 Å². The van der Waals surface area contributed by atoms with Gasteiger partial charge < -0.3 is 10.4 Å². The number of carboxylic acids is 1. The highest BCUT2D eigenvalue weighted by Gasteiger charge is 2.54. The average molecular weight is 355 g/mol. The smallest absolute Gasteiger partial charge is 0.337 e. The van der Waals surface area contributed by atoms with Crippen LogP contribution in [0.2, 0.25) is 0 Å². The lowest BCUT2D eigenvalue weighted by molar-refractivity contribution is 0.0697. The molecule has 3 nitrogen and oxygen atoms in total. The first-order valence-corrected chi connectivity index (χ1v) is 9.13. The van der Waals surface area contributed by atoms with Gasteiger partial charge in [0, 0.05) is 5.56 Å². The molecule has 3 aliphatic rings. The van der Waals surface area contributed by atoms with Gasteiger partial charge in [0.25, 0.3) is 0 Å². The van der Waals surface area contributed by atoms with Crippen molar-refractivity contribution in [1.82, 2.24) is 0 Å². The molecule has 5 rings (SSSR count). The number of anilines is 1. The molecule has 2 bridgehead atoms. The van der Waals surface area contributed by atoms with E-state index in [0.717, 1.165) is 30.9 Å². The number of para-hydroxylation sites is 1. The van der Waals surface area contributed by atoms with Crippen LogP contribution in [0, 0.1) is 29.4 Å². The molecule has 2 aromatic rings. The van der Waals surface area contributed by atoms with E-state index in [-0.39, 0.29) is 17.4 Å². The molecule has 1 aliphatic heterocycles. The number of carbonyl (C=O) groups is 1. The molecule has 0 aromatic heterocycles. The molecule has 2 aromatic carbocycles. The van der Waals surface area contributed by atoms with Crippen LogP contribution in [0.25, 0.3) is 0 Å². The van der Waals surface area contributed by atoms with Crippen molar-refractivity contribution >= 4 is 11.7 Å². The Kier molecular flexibility index (Phi) is 3.36. The molecule has 0 radical (unpaired) electrons. The highest BCUT2D eigenvalue weighted by Crippen LogP contribution is 2.64. The quantitative estimate of drug-likeness (QED) is 0.800. The van der Waals surface area contributed by atoms with Crippen LogP contribution < -0.4 is 5.32 Å². The fourth-order valence-electron chi connectivity index (χ4n) is 5.76. The summed E-state index contributed by atoms with van der Waals surface area (Å²) in [5.74, 6) is -1.36. The highest BCUT2D eigenvalue weighted by atomic mass is 19.2. The van der Waals surface area contributed by atoms with Crippen molar-refractivity contribution in [2.24, 2.45) is 17.8 Å². The Bertz CT molecular complexity index is 913. The zero-order valence-electron chi connectivity index (χ0n) is 14.1. The number of hydrogen-bond acceptors (Lipinski definition) is 2. The molecule has 2 N–H and O–H groups in total. The topological polar surface area (TPSA) is 49.3 Å². The number of nitrogens with one attached hydrogen (secondary N) is 1. The summed E-state index contributed by atoms with van der Waals surface area (Å²) < 4.78 is 28.5. The van der Waals surface area contributed by atoms with Gasteiger partial charge in [0.2, 0.25) is 0 Å². The molecule has 5 atom stereocenters. The molecule has 0 amide bonds. The van der Waals surface area contributed by atoms with Gasteiger partial charge in [-0.3, -0.25) is 0 Å². The molecule has 0 saturated heterocycles. The predicted octanol–water partition coefficient (Wildman–Crippen LogP) is 4.96. The lowest BCUT2D eigenvalue weighted by Crippen LogP contribution is -2.36. The predicted molar refractivity (Wildman–Crippen MR) is 93.2 cm³/mol. The minimum atomic E-state index is -1.01. The number of halogens is 2. The maximum absolute atomic E-state index is 14.6. The van der Waals surface area contributed by atoms with E-state index >= 15 is 0 Å². The van der Waals surface area contributed by atoms with Gasteiger partial charge >= 0.3 is 5.97 Å². The normalized spacial score (nSPS) is 31.2. The Morgan fingerprint density at radius 2 is 1.77 bits per heavy atom. The first kappa shape index (κ1) is 15.8. The van der Waals surface area contributed by atoms with Crippen LogP contribution in [0.4, 0.5) is 14.5 Å². The number of carboxylic acid groups (broad SMARTS) is 1. The van der Waals surface area contributed by atoms with Crippen molar-refractivity contribution in [3.8, 4) is 0 Å². The monoisotopic (exact) mass is 355 g/mol. The minimum Gasteiger partial charge on any atom is -0.478 e. The molecule has 0 spiro atoms. The van der Waals surface area contributed by atoms with Gasteiger partial charge in [-0.1, -0.05) is 24.3 Å². The van der Waals surface area contributed by atoms with Gasteiger partial charge in [0.05, 0.1) is 17.3 Å². The van der Waals surface area contributed by atoms with Crippen molar-refractivity contribution in [3.63, 3.8) is 0 Å². The Hall–Kier alpha value is -2.43. The molecule has 2 fully saturated rings. The molecule has 0 unspecified atom stereocenters. The summed E-state index contributed by atoms with van der Waals surface area (Å²) in [6.07, 6.45) is 3.32. The van der Waals surface area contributed by atoms with Crippen molar-refractivity contribution < 1.29 is 18.7 Å². The van der Waals surface area contributed by atoms with E-state index in [2.05, 4.69) is 5.32 Å². The Balaban J connectivity index is 1.71. The summed E-state index contributed by atoms with van der Waals surface area (Å²) >= 11 is 0. The van der Waals surface area contributed by atoms with Crippen LogP contribution >= 0.6 is 0 Å². The van der Waals surface area contributed by atoms with Crippen LogP contribution in [0.5, 0.6) is 0 Å². The molecular weight excluding hydrogens is 336 g/mol. The molecule has 134 valence electrons. The first-order chi connectivity index (χ1) is 12.6.